The number of nitrogens with zero attached hydrogens (tertiary/aromatic N) is 2. The van der Waals surface area contributed by atoms with E-state index >= 15 is 0 Å². The van der Waals surface area contributed by atoms with Gasteiger partial charge in [-0.15, -0.1) is 0 Å². The van der Waals surface area contributed by atoms with Crippen molar-refractivity contribution in [3.63, 3.8) is 0 Å². The maximum absolute atomic E-state index is 14.0. The van der Waals surface area contributed by atoms with Gasteiger partial charge in [-0.3, -0.25) is 28.8 Å². The topological polar surface area (TPSA) is 182 Å². The number of likely N-dealkylation sites (N-methyl/N-ethyl adjacent to an activating group) is 2. The molecule has 0 saturated carbocycles. The Balaban J connectivity index is 6.83. The highest BCUT2D eigenvalue weighted by Gasteiger charge is 2.49. The summed E-state index contributed by atoms with van der Waals surface area (Å²) in [6.45, 7) is 12.2. The minimum absolute atomic E-state index is 0.0230. The van der Waals surface area contributed by atoms with Gasteiger partial charge in [-0.1, -0.05) is 41.5 Å². The van der Waals surface area contributed by atoms with Crippen LogP contribution in [0.3, 0.4) is 0 Å². The molecule has 0 fully saturated rings. The van der Waals surface area contributed by atoms with Crippen LogP contribution in [0, 0.1) is 17.8 Å². The number of carbonyl (C=O) groups is 6. The first-order valence-corrected chi connectivity index (χ1v) is 13.1. The van der Waals surface area contributed by atoms with Gasteiger partial charge in [0.1, 0.15) is 12.1 Å². The first-order valence-electron chi connectivity index (χ1n) is 13.1. The molecule has 0 bridgehead atoms. The van der Waals surface area contributed by atoms with Gasteiger partial charge in [0.25, 0.3) is 5.91 Å². The summed E-state index contributed by atoms with van der Waals surface area (Å²) in [6, 6.07) is -3.72. The summed E-state index contributed by atoms with van der Waals surface area (Å²) < 4.78 is 0. The van der Waals surface area contributed by atoms with Crippen molar-refractivity contribution < 1.29 is 44.1 Å². The first kappa shape index (κ1) is 36.5. The van der Waals surface area contributed by atoms with Crippen LogP contribution in [0.15, 0.2) is 0 Å². The molecule has 4 N–H and O–H groups in total. The van der Waals surface area contributed by atoms with Gasteiger partial charge < -0.3 is 30.4 Å². The van der Waals surface area contributed by atoms with Crippen LogP contribution >= 0.6 is 0 Å². The molecule has 0 spiro atoms. The Bertz CT molecular complexity index is 925. The van der Waals surface area contributed by atoms with E-state index in [1.807, 2.05) is 0 Å². The summed E-state index contributed by atoms with van der Waals surface area (Å²) in [4.78, 5) is 79.7. The number of aldehydes is 1. The fraction of sp³-hybridized carbons (Fsp3) is 0.778. The predicted octanol–water partition coefficient (Wildman–Crippen LogP) is -0.644. The molecule has 0 aromatic rings. The Labute approximate surface area is 231 Å². The van der Waals surface area contributed by atoms with Crippen molar-refractivity contribution in [1.82, 2.24) is 15.1 Å². The van der Waals surface area contributed by atoms with Gasteiger partial charge in [0.2, 0.25) is 11.5 Å². The van der Waals surface area contributed by atoms with Crippen LogP contribution < -0.4 is 5.32 Å². The Hall–Kier alpha value is -2.54. The molecule has 12 nitrogen and oxygen atoms in total. The van der Waals surface area contributed by atoms with Crippen LogP contribution in [-0.2, 0) is 28.8 Å². The zero-order valence-electron chi connectivity index (χ0n) is 25.0. The number of carbonyl (C=O) groups excluding carboxylic acids is 6. The quantitative estimate of drug-likeness (QED) is 0.141. The summed E-state index contributed by atoms with van der Waals surface area (Å²) in [5.41, 5.74) is -5.00. The number of aliphatic hydroxyl groups is 3. The van der Waals surface area contributed by atoms with Crippen LogP contribution in [0.5, 0.6) is 0 Å². The summed E-state index contributed by atoms with van der Waals surface area (Å²) in [6.07, 6.45) is -1.48. The third-order valence-corrected chi connectivity index (χ3v) is 6.82. The van der Waals surface area contributed by atoms with Crippen LogP contribution in [0.2, 0.25) is 0 Å². The molecule has 0 aliphatic rings. The first-order chi connectivity index (χ1) is 17.6. The lowest BCUT2D eigenvalue weighted by atomic mass is 9.86. The SMILES string of the molecule is CN[C@H](C(=O)C(C)(O)C(=O)N(C)[C@H](C(=O)N(CC(=O)C(C)O)[C@H](C(=O)C(C)(O)C=O)C(C)C)C(C)C)C(C)C. The zero-order valence-corrected chi connectivity index (χ0v) is 25.0. The van der Waals surface area contributed by atoms with Gasteiger partial charge in [0.05, 0.1) is 18.6 Å². The van der Waals surface area contributed by atoms with E-state index in [-0.39, 0.29) is 12.2 Å². The maximum Gasteiger partial charge on any atom is 0.262 e. The van der Waals surface area contributed by atoms with E-state index in [0.29, 0.717) is 0 Å². The van der Waals surface area contributed by atoms with Gasteiger partial charge >= 0.3 is 0 Å². The largest absolute Gasteiger partial charge is 0.386 e. The molecule has 0 aliphatic carbocycles. The molecule has 0 rings (SSSR count). The van der Waals surface area contributed by atoms with Crippen molar-refractivity contribution >= 4 is 35.5 Å². The molecule has 12 heteroatoms. The molecule has 0 aromatic carbocycles. The van der Waals surface area contributed by atoms with Crippen molar-refractivity contribution in [3.8, 4) is 0 Å². The maximum atomic E-state index is 14.0. The average molecular weight is 558 g/mol. The summed E-state index contributed by atoms with van der Waals surface area (Å²) in [5, 5.41) is 34.0. The van der Waals surface area contributed by atoms with E-state index in [1.54, 1.807) is 41.5 Å². The lowest BCUT2D eigenvalue weighted by Gasteiger charge is -2.41. The lowest BCUT2D eigenvalue weighted by Crippen LogP contribution is -2.64. The van der Waals surface area contributed by atoms with Crippen molar-refractivity contribution in [3.05, 3.63) is 0 Å². The van der Waals surface area contributed by atoms with Gasteiger partial charge in [-0.25, -0.2) is 0 Å². The van der Waals surface area contributed by atoms with E-state index < -0.39 is 83.0 Å². The number of aliphatic hydroxyl groups excluding tert-OH is 1. The Morgan fingerprint density at radius 3 is 1.64 bits per heavy atom. The molecule has 0 saturated heterocycles. The van der Waals surface area contributed by atoms with E-state index in [9.17, 15) is 44.1 Å². The number of hydrogen-bond donors (Lipinski definition) is 4. The summed E-state index contributed by atoms with van der Waals surface area (Å²) in [5.74, 6) is -6.25. The van der Waals surface area contributed by atoms with Crippen LogP contribution in [0.25, 0.3) is 0 Å². The molecule has 224 valence electrons. The lowest BCUT2D eigenvalue weighted by molar-refractivity contribution is -0.166. The van der Waals surface area contributed by atoms with E-state index in [4.69, 9.17) is 0 Å². The van der Waals surface area contributed by atoms with Gasteiger partial charge in [0, 0.05) is 7.05 Å². The molecule has 0 aromatic heterocycles. The number of rotatable bonds is 16. The monoisotopic (exact) mass is 557 g/mol. The highest BCUT2D eigenvalue weighted by molar-refractivity contribution is 6.12. The minimum Gasteiger partial charge on any atom is -0.386 e. The number of Topliss-reactive ketones (excluding diaryl/α,β-unsaturated/α-hetero) is 3. The van der Waals surface area contributed by atoms with Gasteiger partial charge in [0.15, 0.2) is 29.2 Å². The third-order valence-electron chi connectivity index (χ3n) is 6.82. The van der Waals surface area contributed by atoms with E-state index in [2.05, 4.69) is 5.32 Å². The van der Waals surface area contributed by atoms with Crippen LogP contribution in [-0.4, -0.2) is 117 Å². The van der Waals surface area contributed by atoms with Crippen molar-refractivity contribution in [2.75, 3.05) is 20.6 Å². The number of ketones is 3. The highest BCUT2D eigenvalue weighted by Crippen LogP contribution is 2.25. The molecular weight excluding hydrogens is 510 g/mol. The Morgan fingerprint density at radius 2 is 1.31 bits per heavy atom. The smallest absolute Gasteiger partial charge is 0.262 e. The number of amides is 2. The highest BCUT2D eigenvalue weighted by atomic mass is 16.3. The third kappa shape index (κ3) is 8.47. The minimum atomic E-state index is -2.52. The van der Waals surface area contributed by atoms with Crippen LogP contribution in [0.4, 0.5) is 0 Å². The van der Waals surface area contributed by atoms with Gasteiger partial charge in [-0.05, 0) is 45.6 Å². The Morgan fingerprint density at radius 1 is 0.846 bits per heavy atom. The van der Waals surface area contributed by atoms with Crippen molar-refractivity contribution in [1.29, 1.82) is 0 Å². The Kier molecular flexibility index (Phi) is 13.3. The number of hydrogen-bond acceptors (Lipinski definition) is 10. The second-order valence-corrected chi connectivity index (χ2v) is 11.5. The standard InChI is InChI=1S/C27H47N3O9/c1-14(2)19(28-10)22(34)27(9,39)25(37)29(11)21(16(5)6)24(36)30(12-18(33)17(7)32)20(15(3)4)23(35)26(8,38)13-31/h13-17,19-21,28,32,38-39H,12H2,1-11H3/t17?,19-,20-,21-,26?,27?/m0/s1. The van der Waals surface area contributed by atoms with Gasteiger partial charge in [-0.2, -0.15) is 0 Å². The zero-order chi connectivity index (χ0) is 31.2. The van der Waals surface area contributed by atoms with E-state index in [0.717, 1.165) is 23.6 Å². The fourth-order valence-corrected chi connectivity index (χ4v) is 4.49. The summed E-state index contributed by atoms with van der Waals surface area (Å²) in [7, 11) is 2.74. The molecule has 0 heterocycles. The van der Waals surface area contributed by atoms with Crippen LogP contribution in [0.1, 0.15) is 62.3 Å². The molecular formula is C27H47N3O9. The van der Waals surface area contributed by atoms with Crippen molar-refractivity contribution in [2.24, 2.45) is 17.8 Å². The normalized spacial score (nSPS) is 18.0. The fourth-order valence-electron chi connectivity index (χ4n) is 4.49. The predicted molar refractivity (Wildman–Crippen MR) is 143 cm³/mol. The van der Waals surface area contributed by atoms with Crippen molar-refractivity contribution in [2.45, 2.75) is 97.7 Å². The number of nitrogens with one attached hydrogen (secondary N) is 1. The second kappa shape index (κ2) is 14.2. The molecule has 2 amide bonds. The molecule has 6 atom stereocenters. The molecule has 0 aliphatic heterocycles. The van der Waals surface area contributed by atoms with E-state index in [1.165, 1.54) is 21.0 Å². The second-order valence-electron chi connectivity index (χ2n) is 11.5. The molecule has 39 heavy (non-hydrogen) atoms. The molecule has 3 unspecified atom stereocenters. The molecule has 0 radical (unpaired) electrons. The summed E-state index contributed by atoms with van der Waals surface area (Å²) >= 11 is 0. The average Bonchev–Trinajstić information content (AvgIpc) is 2.82.